The molecule has 142 valence electrons. The molecule has 0 bridgehead atoms. The van der Waals surface area contributed by atoms with E-state index in [2.05, 4.69) is 35.1 Å². The van der Waals surface area contributed by atoms with E-state index in [9.17, 15) is 4.79 Å². The largest absolute Gasteiger partial charge is 0.482 e. The number of nitrogens with zero attached hydrogens (tertiary/aromatic N) is 2. The number of carbonyl (C=O) groups is 1. The molecule has 0 spiro atoms. The number of ether oxygens (including phenoxy) is 1. The van der Waals surface area contributed by atoms with Gasteiger partial charge in [0.1, 0.15) is 5.75 Å². The number of rotatable bonds is 7. The lowest BCUT2D eigenvalue weighted by atomic mass is 10.2. The third-order valence-corrected chi connectivity index (χ3v) is 4.63. The van der Waals surface area contributed by atoms with E-state index >= 15 is 0 Å². The van der Waals surface area contributed by atoms with Gasteiger partial charge in [-0.15, -0.1) is 0 Å². The van der Waals surface area contributed by atoms with Gasteiger partial charge in [0.15, 0.2) is 6.61 Å². The van der Waals surface area contributed by atoms with Crippen molar-refractivity contribution >= 4 is 45.7 Å². The molecule has 0 aliphatic carbocycles. The van der Waals surface area contributed by atoms with Crippen molar-refractivity contribution in [3.63, 3.8) is 0 Å². The predicted octanol–water partition coefficient (Wildman–Crippen LogP) is 4.53. The van der Waals surface area contributed by atoms with Gasteiger partial charge in [0.2, 0.25) is 0 Å². The summed E-state index contributed by atoms with van der Waals surface area (Å²) < 4.78 is 7.66. The van der Waals surface area contributed by atoms with Gasteiger partial charge in [-0.2, -0.15) is 0 Å². The fourth-order valence-corrected chi connectivity index (χ4v) is 3.18. The molecule has 0 aliphatic rings. The van der Waals surface area contributed by atoms with E-state index in [4.69, 9.17) is 27.9 Å². The highest BCUT2D eigenvalue weighted by Crippen LogP contribution is 2.27. The lowest BCUT2D eigenvalue weighted by molar-refractivity contribution is -0.118. The van der Waals surface area contributed by atoms with E-state index in [-0.39, 0.29) is 12.5 Å². The monoisotopic (exact) mass is 405 g/mol. The van der Waals surface area contributed by atoms with Crippen LogP contribution in [0.4, 0.5) is 5.69 Å². The summed E-state index contributed by atoms with van der Waals surface area (Å²) in [5.74, 6) is 0.164. The van der Waals surface area contributed by atoms with Crippen molar-refractivity contribution in [1.82, 2.24) is 9.47 Å². The van der Waals surface area contributed by atoms with Gasteiger partial charge in [-0.25, -0.2) is 0 Å². The highest BCUT2D eigenvalue weighted by molar-refractivity contribution is 6.35. The number of amides is 1. The van der Waals surface area contributed by atoms with E-state index in [1.54, 1.807) is 18.2 Å². The SMILES string of the molecule is CN(C)CCn1ccc2cc(NC(=O)COc3ccc(Cl)cc3Cl)ccc21. The third kappa shape index (κ3) is 5.16. The Hall–Kier alpha value is -2.21. The summed E-state index contributed by atoms with van der Waals surface area (Å²) >= 11 is 11.9. The zero-order valence-corrected chi connectivity index (χ0v) is 16.7. The Morgan fingerprint density at radius 1 is 1.15 bits per heavy atom. The molecule has 0 unspecified atom stereocenters. The highest BCUT2D eigenvalue weighted by Gasteiger charge is 2.08. The third-order valence-electron chi connectivity index (χ3n) is 4.10. The minimum Gasteiger partial charge on any atom is -0.482 e. The fourth-order valence-electron chi connectivity index (χ4n) is 2.71. The van der Waals surface area contributed by atoms with E-state index in [0.717, 1.165) is 29.7 Å². The first-order valence-corrected chi connectivity index (χ1v) is 9.29. The zero-order valence-electron chi connectivity index (χ0n) is 15.2. The number of fused-ring (bicyclic) bond motifs is 1. The first-order chi connectivity index (χ1) is 12.9. The molecule has 3 aromatic rings. The second kappa shape index (κ2) is 8.65. The first-order valence-electron chi connectivity index (χ1n) is 8.54. The molecule has 1 N–H and O–H groups in total. The normalized spacial score (nSPS) is 11.1. The molecular weight excluding hydrogens is 385 g/mol. The van der Waals surface area contributed by atoms with Crippen LogP contribution in [0.2, 0.25) is 10.0 Å². The van der Waals surface area contributed by atoms with Crippen molar-refractivity contribution in [2.75, 3.05) is 32.6 Å². The van der Waals surface area contributed by atoms with Gasteiger partial charge in [0, 0.05) is 40.9 Å². The molecule has 7 heteroatoms. The molecule has 0 atom stereocenters. The van der Waals surface area contributed by atoms with Gasteiger partial charge in [0.05, 0.1) is 5.02 Å². The molecule has 0 radical (unpaired) electrons. The van der Waals surface area contributed by atoms with Crippen molar-refractivity contribution in [2.45, 2.75) is 6.54 Å². The predicted molar refractivity (Wildman–Crippen MR) is 111 cm³/mol. The Balaban J connectivity index is 1.61. The van der Waals surface area contributed by atoms with Crippen LogP contribution in [0, 0.1) is 0 Å². The topological polar surface area (TPSA) is 46.5 Å². The number of aromatic nitrogens is 1. The molecule has 0 fully saturated rings. The number of halogens is 2. The molecule has 1 heterocycles. The molecule has 2 aromatic carbocycles. The van der Waals surface area contributed by atoms with Crippen LogP contribution < -0.4 is 10.1 Å². The number of carbonyl (C=O) groups excluding carboxylic acids is 1. The van der Waals surface area contributed by atoms with E-state index in [1.165, 1.54) is 0 Å². The molecule has 27 heavy (non-hydrogen) atoms. The van der Waals surface area contributed by atoms with Gasteiger partial charge in [-0.05, 0) is 56.6 Å². The quantitative estimate of drug-likeness (QED) is 0.627. The van der Waals surface area contributed by atoms with Gasteiger partial charge >= 0.3 is 0 Å². The van der Waals surface area contributed by atoms with Gasteiger partial charge < -0.3 is 19.5 Å². The summed E-state index contributed by atoms with van der Waals surface area (Å²) in [6.07, 6.45) is 2.06. The second-order valence-corrected chi connectivity index (χ2v) is 7.34. The summed E-state index contributed by atoms with van der Waals surface area (Å²) in [4.78, 5) is 14.3. The summed E-state index contributed by atoms with van der Waals surface area (Å²) in [7, 11) is 4.11. The van der Waals surface area contributed by atoms with Gasteiger partial charge in [0.25, 0.3) is 5.91 Å². The highest BCUT2D eigenvalue weighted by atomic mass is 35.5. The van der Waals surface area contributed by atoms with Crippen molar-refractivity contribution in [3.8, 4) is 5.75 Å². The van der Waals surface area contributed by atoms with E-state index in [0.29, 0.717) is 15.8 Å². The maximum atomic E-state index is 12.2. The van der Waals surface area contributed by atoms with Crippen molar-refractivity contribution < 1.29 is 9.53 Å². The zero-order chi connectivity index (χ0) is 19.4. The Labute approximate surface area is 168 Å². The average molecular weight is 406 g/mol. The standard InChI is InChI=1S/C20H21Cl2N3O2/c1-24(2)9-10-25-8-7-14-11-16(4-5-18(14)25)23-20(26)13-27-19-6-3-15(21)12-17(19)22/h3-8,11-12H,9-10,13H2,1-2H3,(H,23,26). The minimum absolute atomic E-state index is 0.136. The maximum absolute atomic E-state index is 12.2. The Kier molecular flexibility index (Phi) is 6.26. The Morgan fingerprint density at radius 2 is 1.96 bits per heavy atom. The van der Waals surface area contributed by atoms with Crippen LogP contribution >= 0.6 is 23.2 Å². The maximum Gasteiger partial charge on any atom is 0.262 e. The van der Waals surface area contributed by atoms with E-state index in [1.807, 2.05) is 24.3 Å². The second-order valence-electron chi connectivity index (χ2n) is 6.50. The molecule has 1 amide bonds. The molecule has 0 saturated carbocycles. The number of benzene rings is 2. The Morgan fingerprint density at radius 3 is 2.70 bits per heavy atom. The minimum atomic E-state index is -0.257. The van der Waals surface area contributed by atoms with Gasteiger partial charge in [-0.3, -0.25) is 4.79 Å². The summed E-state index contributed by atoms with van der Waals surface area (Å²) in [5.41, 5.74) is 1.86. The molecule has 0 aliphatic heterocycles. The smallest absolute Gasteiger partial charge is 0.262 e. The van der Waals surface area contributed by atoms with Crippen LogP contribution in [0.15, 0.2) is 48.7 Å². The molecule has 0 saturated heterocycles. The van der Waals surface area contributed by atoms with Crippen molar-refractivity contribution in [3.05, 3.63) is 58.7 Å². The summed E-state index contributed by atoms with van der Waals surface area (Å²) in [6, 6.07) is 12.8. The average Bonchev–Trinajstić information content (AvgIpc) is 3.01. The molecule has 5 nitrogen and oxygen atoms in total. The molecule has 1 aromatic heterocycles. The van der Waals surface area contributed by atoms with Crippen LogP contribution in [0.25, 0.3) is 10.9 Å². The molecule has 3 rings (SSSR count). The summed E-state index contributed by atoms with van der Waals surface area (Å²) in [6.45, 7) is 1.74. The lowest BCUT2D eigenvalue weighted by Gasteiger charge is -2.12. The van der Waals surface area contributed by atoms with Crippen molar-refractivity contribution in [2.24, 2.45) is 0 Å². The van der Waals surface area contributed by atoms with Crippen LogP contribution in [0.3, 0.4) is 0 Å². The van der Waals surface area contributed by atoms with Crippen LogP contribution in [0.5, 0.6) is 5.75 Å². The Bertz CT molecular complexity index is 954. The molecular formula is C20H21Cl2N3O2. The van der Waals surface area contributed by atoms with Crippen LogP contribution in [0.1, 0.15) is 0 Å². The van der Waals surface area contributed by atoms with Gasteiger partial charge in [-0.1, -0.05) is 23.2 Å². The lowest BCUT2D eigenvalue weighted by Crippen LogP contribution is -2.20. The number of nitrogens with one attached hydrogen (secondary N) is 1. The van der Waals surface area contributed by atoms with E-state index < -0.39 is 0 Å². The summed E-state index contributed by atoms with van der Waals surface area (Å²) in [5, 5.41) is 4.81. The number of anilines is 1. The number of likely N-dealkylation sites (N-methyl/N-ethyl adjacent to an activating group) is 1. The first kappa shape index (κ1) is 19.5. The van der Waals surface area contributed by atoms with Crippen molar-refractivity contribution in [1.29, 1.82) is 0 Å². The number of hydrogen-bond acceptors (Lipinski definition) is 3. The van der Waals surface area contributed by atoms with Crippen LogP contribution in [-0.4, -0.2) is 42.6 Å². The number of hydrogen-bond donors (Lipinski definition) is 1. The van der Waals surface area contributed by atoms with Crippen LogP contribution in [-0.2, 0) is 11.3 Å². The fraction of sp³-hybridized carbons (Fsp3) is 0.250.